The normalized spacial score (nSPS) is 50.3. The molecule has 5 aliphatic rings. The number of hydrogen-bond acceptors (Lipinski definition) is 7. The minimum Gasteiger partial charge on any atom is -0.390 e. The zero-order valence-corrected chi connectivity index (χ0v) is 20.5. The molecule has 0 aromatic heterocycles. The van der Waals surface area contributed by atoms with Crippen molar-refractivity contribution in [3.05, 3.63) is 23.8 Å². The highest BCUT2D eigenvalue weighted by Crippen LogP contribution is 2.72. The number of fused-ring (bicyclic) bond motifs is 7. The fraction of sp³-hybridized carbons (Fsp3) is 0.769. The average Bonchev–Trinajstić information content (AvgIpc) is 3.28. The maximum atomic E-state index is 17.3. The Labute approximate surface area is 204 Å². The van der Waals surface area contributed by atoms with Gasteiger partial charge in [-0.1, -0.05) is 26.3 Å². The van der Waals surface area contributed by atoms with Gasteiger partial charge in [-0.15, -0.1) is 0 Å². The van der Waals surface area contributed by atoms with E-state index in [4.69, 9.17) is 19.9 Å². The molecule has 0 amide bonds. The van der Waals surface area contributed by atoms with E-state index in [1.54, 1.807) is 6.92 Å². The number of Topliss-reactive ketones (excluding diaryl/α,β-unsaturated/α-hetero) is 1. The van der Waals surface area contributed by atoms with E-state index >= 15 is 8.78 Å². The first-order valence-corrected chi connectivity index (χ1v) is 12.6. The number of carbonyl (C=O) groups excluding carboxylic acids is 2. The zero-order chi connectivity index (χ0) is 25.4. The molecule has 35 heavy (non-hydrogen) atoms. The van der Waals surface area contributed by atoms with E-state index in [1.165, 1.54) is 18.2 Å². The van der Waals surface area contributed by atoms with E-state index in [9.17, 15) is 14.7 Å². The van der Waals surface area contributed by atoms with Gasteiger partial charge >= 0.3 is 0 Å². The van der Waals surface area contributed by atoms with Gasteiger partial charge < -0.3 is 25.1 Å². The molecule has 3 saturated carbocycles. The van der Waals surface area contributed by atoms with Gasteiger partial charge in [0.15, 0.2) is 29.1 Å². The molecular formula is C26H35F2NO6. The first-order chi connectivity index (χ1) is 16.5. The van der Waals surface area contributed by atoms with Crippen molar-refractivity contribution < 1.29 is 37.7 Å². The second-order valence-corrected chi connectivity index (χ2v) is 11.2. The highest BCUT2D eigenvalue weighted by Gasteiger charge is 2.79. The fourth-order valence-corrected chi connectivity index (χ4v) is 8.14. The predicted octanol–water partition coefficient (Wildman–Crippen LogP) is 2.70. The molecule has 1 heterocycles. The number of rotatable bonds is 6. The van der Waals surface area contributed by atoms with Crippen LogP contribution in [-0.4, -0.2) is 66.0 Å². The van der Waals surface area contributed by atoms with E-state index in [2.05, 4.69) is 0 Å². The smallest absolute Gasteiger partial charge is 0.193 e. The lowest BCUT2D eigenvalue weighted by Crippen LogP contribution is -2.71. The summed E-state index contributed by atoms with van der Waals surface area (Å²) in [4.78, 5) is 25.7. The lowest BCUT2D eigenvalue weighted by atomic mass is 9.44. The summed E-state index contributed by atoms with van der Waals surface area (Å²) in [5.74, 6) is -2.14. The van der Waals surface area contributed by atoms with Crippen molar-refractivity contribution in [2.24, 2.45) is 28.4 Å². The van der Waals surface area contributed by atoms with E-state index in [0.717, 1.165) is 6.42 Å². The number of allylic oxidation sites excluding steroid dienone is 4. The molecule has 4 aliphatic carbocycles. The minimum absolute atomic E-state index is 0.0701. The second kappa shape index (κ2) is 8.25. The molecule has 0 aromatic carbocycles. The van der Waals surface area contributed by atoms with Gasteiger partial charge in [0, 0.05) is 16.7 Å². The molecule has 194 valence electrons. The summed E-state index contributed by atoms with van der Waals surface area (Å²) in [5.41, 5.74) is -0.623. The van der Waals surface area contributed by atoms with Gasteiger partial charge in [0.1, 0.15) is 12.8 Å². The number of halogens is 2. The standard InChI is InChI=1S/C26H35F2NO6/c1-4-5-22-34-21-10-15-16-9-18(27)17-8-14(30)6-7-23(17,2)25(16,28)19(31)11-24(15,3)26(21,35-22)20(32)12-33-13-29/h6-8,15-16,18-19,21-22,31H,4-5,9-13,29H2,1-3H3/t15?,16-,18-,19-,21+,22?,23-,24-,25-,26+/m0/s1. The molecule has 5 rings (SSSR count). The summed E-state index contributed by atoms with van der Waals surface area (Å²) >= 11 is 0. The van der Waals surface area contributed by atoms with Crippen LogP contribution in [0.1, 0.15) is 52.9 Å². The van der Waals surface area contributed by atoms with Gasteiger partial charge in [0.05, 0.1) is 18.9 Å². The van der Waals surface area contributed by atoms with Crippen molar-refractivity contribution in [2.45, 2.75) is 88.8 Å². The van der Waals surface area contributed by atoms with Crippen LogP contribution in [0.25, 0.3) is 0 Å². The molecule has 0 aromatic rings. The fourth-order valence-electron chi connectivity index (χ4n) is 8.14. The van der Waals surface area contributed by atoms with Gasteiger partial charge in [-0.3, -0.25) is 9.59 Å². The first kappa shape index (κ1) is 25.1. The van der Waals surface area contributed by atoms with Crippen LogP contribution in [0.15, 0.2) is 23.8 Å². The molecule has 10 atom stereocenters. The van der Waals surface area contributed by atoms with Crippen LogP contribution in [0, 0.1) is 22.7 Å². The minimum atomic E-state index is -2.22. The Morgan fingerprint density at radius 2 is 2.06 bits per heavy atom. The molecule has 1 saturated heterocycles. The summed E-state index contributed by atoms with van der Waals surface area (Å²) in [7, 11) is 0. The summed E-state index contributed by atoms with van der Waals surface area (Å²) in [6.45, 7) is 4.94. The molecule has 3 N–H and O–H groups in total. The van der Waals surface area contributed by atoms with E-state index in [0.29, 0.717) is 12.8 Å². The Hall–Kier alpha value is -1.52. The number of ketones is 2. The number of aliphatic hydroxyl groups excluding tert-OH is 1. The second-order valence-electron chi connectivity index (χ2n) is 11.2. The Bertz CT molecular complexity index is 987. The lowest BCUT2D eigenvalue weighted by Gasteiger charge is -2.63. The molecule has 7 nitrogen and oxygen atoms in total. The van der Waals surface area contributed by atoms with Gasteiger partial charge in [-0.25, -0.2) is 8.78 Å². The monoisotopic (exact) mass is 495 g/mol. The van der Waals surface area contributed by atoms with Crippen molar-refractivity contribution in [1.29, 1.82) is 0 Å². The SMILES string of the molecule is CCCC1O[C@@H]2CC3[C@@H]4C[C@H](F)C5=CC(=O)C=C[C@]5(C)[C@@]4(F)[C@@H](O)C[C@]3(C)[C@]2(C(=O)COCN)O1. The zero-order valence-electron chi connectivity index (χ0n) is 20.5. The largest absolute Gasteiger partial charge is 0.390 e. The Balaban J connectivity index is 1.60. The topological polar surface area (TPSA) is 108 Å². The number of hydrogen-bond donors (Lipinski definition) is 2. The maximum Gasteiger partial charge on any atom is 0.193 e. The lowest BCUT2D eigenvalue weighted by molar-refractivity contribution is -0.235. The van der Waals surface area contributed by atoms with Crippen molar-refractivity contribution in [3.8, 4) is 0 Å². The molecular weight excluding hydrogens is 460 g/mol. The summed E-state index contributed by atoms with van der Waals surface area (Å²) in [5, 5.41) is 11.5. The molecule has 0 bridgehead atoms. The Morgan fingerprint density at radius 3 is 2.74 bits per heavy atom. The van der Waals surface area contributed by atoms with Gasteiger partial charge in [-0.05, 0) is 56.3 Å². The van der Waals surface area contributed by atoms with Crippen LogP contribution in [0.4, 0.5) is 8.78 Å². The first-order valence-electron chi connectivity index (χ1n) is 12.6. The highest BCUT2D eigenvalue weighted by molar-refractivity contribution is 6.01. The van der Waals surface area contributed by atoms with Gasteiger partial charge in [-0.2, -0.15) is 0 Å². The van der Waals surface area contributed by atoms with E-state index < -0.39 is 58.6 Å². The number of aliphatic hydroxyl groups is 1. The third kappa shape index (κ3) is 3.05. The quantitative estimate of drug-likeness (QED) is 0.546. The maximum absolute atomic E-state index is 17.3. The van der Waals surface area contributed by atoms with Gasteiger partial charge in [0.25, 0.3) is 0 Å². The van der Waals surface area contributed by atoms with Gasteiger partial charge in [0.2, 0.25) is 0 Å². The number of alkyl halides is 2. The third-order valence-electron chi connectivity index (χ3n) is 9.71. The molecule has 1 aliphatic heterocycles. The average molecular weight is 496 g/mol. The van der Waals surface area contributed by atoms with Crippen molar-refractivity contribution in [3.63, 3.8) is 0 Å². The van der Waals surface area contributed by atoms with E-state index in [1.807, 2.05) is 13.8 Å². The third-order valence-corrected chi connectivity index (χ3v) is 9.71. The number of ether oxygens (including phenoxy) is 3. The van der Waals surface area contributed by atoms with Crippen LogP contribution in [-0.2, 0) is 23.8 Å². The van der Waals surface area contributed by atoms with Crippen LogP contribution >= 0.6 is 0 Å². The summed E-state index contributed by atoms with van der Waals surface area (Å²) in [6, 6.07) is 0. The van der Waals surface area contributed by atoms with Crippen LogP contribution in [0.2, 0.25) is 0 Å². The Kier molecular flexibility index (Phi) is 5.92. The van der Waals surface area contributed by atoms with Crippen molar-refractivity contribution in [2.75, 3.05) is 13.3 Å². The van der Waals surface area contributed by atoms with Crippen LogP contribution in [0.5, 0.6) is 0 Å². The van der Waals surface area contributed by atoms with Crippen LogP contribution < -0.4 is 5.73 Å². The predicted molar refractivity (Wildman–Crippen MR) is 121 cm³/mol. The van der Waals surface area contributed by atoms with Crippen LogP contribution in [0.3, 0.4) is 0 Å². The molecule has 4 fully saturated rings. The van der Waals surface area contributed by atoms with Crippen molar-refractivity contribution in [1.82, 2.24) is 0 Å². The molecule has 9 heteroatoms. The van der Waals surface area contributed by atoms with E-state index in [-0.39, 0.29) is 43.3 Å². The molecule has 0 spiro atoms. The van der Waals surface area contributed by atoms with Crippen molar-refractivity contribution >= 4 is 11.6 Å². The highest BCUT2D eigenvalue weighted by atomic mass is 19.1. The molecule has 0 radical (unpaired) electrons. The summed E-state index contributed by atoms with van der Waals surface area (Å²) in [6.07, 6.45) is 0.919. The number of nitrogens with two attached hydrogens (primary N) is 1. The molecule has 2 unspecified atom stereocenters. The summed E-state index contributed by atoms with van der Waals surface area (Å²) < 4.78 is 50.8. The number of carbonyl (C=O) groups is 2. The Morgan fingerprint density at radius 1 is 1.31 bits per heavy atom.